The van der Waals surface area contributed by atoms with Gasteiger partial charge in [0.15, 0.2) is 5.16 Å². The molecule has 0 aliphatic heterocycles. The summed E-state index contributed by atoms with van der Waals surface area (Å²) < 4.78 is 6.36. The minimum atomic E-state index is -0.283. The standard InChI is InChI=1S/C22H31N3O4S2/c1-14(2)10-12-25-21(28)19-15-7-4-5-8-16(15)31-20(19)24-22(25)30-13-17(26)23-11-6-9-18(27)29-3/h14H,4-13H2,1-3H3,(H,23,26). The topological polar surface area (TPSA) is 90.3 Å². The lowest BCUT2D eigenvalue weighted by atomic mass is 9.97. The first-order valence-corrected chi connectivity index (χ1v) is 12.7. The van der Waals surface area contributed by atoms with Crippen LogP contribution in [0.2, 0.25) is 0 Å². The van der Waals surface area contributed by atoms with E-state index in [9.17, 15) is 14.4 Å². The molecule has 7 nitrogen and oxygen atoms in total. The molecule has 0 bridgehead atoms. The zero-order valence-electron chi connectivity index (χ0n) is 18.5. The van der Waals surface area contributed by atoms with Gasteiger partial charge in [-0.15, -0.1) is 11.3 Å². The van der Waals surface area contributed by atoms with Crippen LogP contribution in [0.1, 0.15) is 56.4 Å². The smallest absolute Gasteiger partial charge is 0.305 e. The number of carbonyl (C=O) groups excluding carboxylic acids is 2. The lowest BCUT2D eigenvalue weighted by Gasteiger charge is -2.14. The first-order chi connectivity index (χ1) is 14.9. The highest BCUT2D eigenvalue weighted by atomic mass is 32.2. The van der Waals surface area contributed by atoms with Crippen LogP contribution in [0, 0.1) is 5.92 Å². The van der Waals surface area contributed by atoms with Crippen LogP contribution in [0.15, 0.2) is 9.95 Å². The van der Waals surface area contributed by atoms with Gasteiger partial charge in [0, 0.05) is 24.4 Å². The molecule has 0 radical (unpaired) electrons. The van der Waals surface area contributed by atoms with Crippen LogP contribution in [0.25, 0.3) is 10.2 Å². The number of carbonyl (C=O) groups is 2. The molecule has 0 saturated carbocycles. The Morgan fingerprint density at radius 3 is 2.81 bits per heavy atom. The van der Waals surface area contributed by atoms with E-state index in [1.807, 2.05) is 0 Å². The minimum Gasteiger partial charge on any atom is -0.469 e. The van der Waals surface area contributed by atoms with E-state index in [1.165, 1.54) is 35.7 Å². The quantitative estimate of drug-likeness (QED) is 0.250. The van der Waals surface area contributed by atoms with E-state index < -0.39 is 0 Å². The molecule has 2 heterocycles. The molecule has 0 unspecified atom stereocenters. The van der Waals surface area contributed by atoms with Gasteiger partial charge in [-0.25, -0.2) is 4.98 Å². The SMILES string of the molecule is COC(=O)CCCNC(=O)CSc1nc2sc3c(c2c(=O)n1CCC(C)C)CCCC3. The molecule has 1 aliphatic rings. The number of rotatable bonds is 10. The Bertz CT molecular complexity index is 997. The second-order valence-corrected chi connectivity index (χ2v) is 10.3. The largest absolute Gasteiger partial charge is 0.469 e. The highest BCUT2D eigenvalue weighted by molar-refractivity contribution is 7.99. The molecule has 0 fully saturated rings. The van der Waals surface area contributed by atoms with E-state index in [0.717, 1.165) is 35.9 Å². The Morgan fingerprint density at radius 1 is 1.29 bits per heavy atom. The minimum absolute atomic E-state index is 0.0334. The Balaban J connectivity index is 1.75. The van der Waals surface area contributed by atoms with Crippen molar-refractivity contribution in [1.82, 2.24) is 14.9 Å². The van der Waals surface area contributed by atoms with E-state index in [0.29, 0.717) is 30.6 Å². The zero-order chi connectivity index (χ0) is 22.4. The lowest BCUT2D eigenvalue weighted by Crippen LogP contribution is -2.28. The molecule has 1 amide bonds. The number of hydrogen-bond donors (Lipinski definition) is 1. The van der Waals surface area contributed by atoms with Gasteiger partial charge < -0.3 is 10.1 Å². The van der Waals surface area contributed by atoms with Crippen molar-refractivity contribution < 1.29 is 14.3 Å². The third kappa shape index (κ3) is 6.10. The molecule has 31 heavy (non-hydrogen) atoms. The van der Waals surface area contributed by atoms with Crippen LogP contribution in [-0.2, 0) is 33.7 Å². The number of nitrogens with zero attached hydrogens (tertiary/aromatic N) is 2. The Hall–Kier alpha value is -1.87. The van der Waals surface area contributed by atoms with E-state index >= 15 is 0 Å². The van der Waals surface area contributed by atoms with Crippen molar-refractivity contribution in [2.45, 2.75) is 70.5 Å². The average molecular weight is 466 g/mol. The number of methoxy groups -OCH3 is 1. The predicted molar refractivity (Wildman–Crippen MR) is 125 cm³/mol. The van der Waals surface area contributed by atoms with Crippen molar-refractivity contribution in [2.24, 2.45) is 5.92 Å². The Labute approximate surface area is 191 Å². The molecule has 0 spiro atoms. The molecular weight excluding hydrogens is 434 g/mol. The van der Waals surface area contributed by atoms with Gasteiger partial charge in [-0.1, -0.05) is 25.6 Å². The van der Waals surface area contributed by atoms with E-state index in [4.69, 9.17) is 4.98 Å². The maximum absolute atomic E-state index is 13.4. The molecule has 9 heteroatoms. The van der Waals surface area contributed by atoms with Crippen molar-refractivity contribution in [3.05, 3.63) is 20.8 Å². The van der Waals surface area contributed by atoms with Crippen molar-refractivity contribution in [3.63, 3.8) is 0 Å². The average Bonchev–Trinajstić information content (AvgIpc) is 3.12. The summed E-state index contributed by atoms with van der Waals surface area (Å²) in [5, 5.41) is 4.22. The van der Waals surface area contributed by atoms with Gasteiger partial charge in [0.25, 0.3) is 5.56 Å². The van der Waals surface area contributed by atoms with Crippen LogP contribution in [0.3, 0.4) is 0 Å². The number of aryl methyl sites for hydroxylation is 2. The second kappa shape index (κ2) is 11.1. The summed E-state index contributed by atoms with van der Waals surface area (Å²) in [6.45, 7) is 5.29. The number of nitrogens with one attached hydrogen (secondary N) is 1. The Morgan fingerprint density at radius 2 is 2.06 bits per heavy atom. The number of aromatic nitrogens is 2. The lowest BCUT2D eigenvalue weighted by molar-refractivity contribution is -0.140. The van der Waals surface area contributed by atoms with Gasteiger partial charge in [0.05, 0.1) is 18.2 Å². The van der Waals surface area contributed by atoms with Gasteiger partial charge in [0.1, 0.15) is 4.83 Å². The molecule has 0 aromatic carbocycles. The van der Waals surface area contributed by atoms with Crippen molar-refractivity contribution in [1.29, 1.82) is 0 Å². The molecule has 0 atom stereocenters. The fourth-order valence-corrected chi connectivity index (χ4v) is 5.82. The van der Waals surface area contributed by atoms with Gasteiger partial charge in [-0.2, -0.15) is 0 Å². The van der Waals surface area contributed by atoms with Crippen molar-refractivity contribution in [2.75, 3.05) is 19.4 Å². The van der Waals surface area contributed by atoms with Gasteiger partial charge in [-0.3, -0.25) is 19.0 Å². The first kappa shape index (κ1) is 23.8. The number of hydrogen-bond acceptors (Lipinski definition) is 7. The second-order valence-electron chi connectivity index (χ2n) is 8.24. The van der Waals surface area contributed by atoms with Gasteiger partial charge in [0.2, 0.25) is 5.91 Å². The van der Waals surface area contributed by atoms with Crippen LogP contribution < -0.4 is 10.9 Å². The number of esters is 1. The summed E-state index contributed by atoms with van der Waals surface area (Å²) in [6, 6.07) is 0. The highest BCUT2D eigenvalue weighted by Crippen LogP contribution is 2.34. The molecule has 1 aliphatic carbocycles. The van der Waals surface area contributed by atoms with E-state index in [2.05, 4.69) is 23.9 Å². The van der Waals surface area contributed by atoms with Crippen LogP contribution in [-0.4, -0.2) is 40.8 Å². The molecule has 170 valence electrons. The number of thioether (sulfide) groups is 1. The van der Waals surface area contributed by atoms with Crippen LogP contribution in [0.5, 0.6) is 0 Å². The molecule has 2 aromatic rings. The van der Waals surface area contributed by atoms with E-state index in [1.54, 1.807) is 15.9 Å². The summed E-state index contributed by atoms with van der Waals surface area (Å²) in [7, 11) is 1.35. The maximum atomic E-state index is 13.4. The number of fused-ring (bicyclic) bond motifs is 3. The summed E-state index contributed by atoms with van der Waals surface area (Å²) in [6.07, 6.45) is 5.96. The van der Waals surface area contributed by atoms with Gasteiger partial charge >= 0.3 is 5.97 Å². The third-order valence-corrected chi connectivity index (χ3v) is 7.57. The van der Waals surface area contributed by atoms with Crippen molar-refractivity contribution in [3.8, 4) is 0 Å². The zero-order valence-corrected chi connectivity index (χ0v) is 20.1. The van der Waals surface area contributed by atoms with Crippen LogP contribution >= 0.6 is 23.1 Å². The summed E-state index contributed by atoms with van der Waals surface area (Å²) in [5.41, 5.74) is 1.23. The first-order valence-electron chi connectivity index (χ1n) is 10.9. The summed E-state index contributed by atoms with van der Waals surface area (Å²) >= 11 is 2.94. The monoisotopic (exact) mass is 465 g/mol. The molecule has 1 N–H and O–H groups in total. The summed E-state index contributed by atoms with van der Waals surface area (Å²) in [4.78, 5) is 43.7. The van der Waals surface area contributed by atoms with Crippen LogP contribution in [0.4, 0.5) is 0 Å². The molecular formula is C22H31N3O4S2. The Kier molecular flexibility index (Phi) is 8.54. The predicted octanol–water partition coefficient (Wildman–Crippen LogP) is 3.54. The van der Waals surface area contributed by atoms with Crippen molar-refractivity contribution >= 4 is 45.2 Å². The highest BCUT2D eigenvalue weighted by Gasteiger charge is 2.22. The van der Waals surface area contributed by atoms with Gasteiger partial charge in [-0.05, 0) is 50.0 Å². The number of ether oxygens (including phenoxy) is 1. The van der Waals surface area contributed by atoms with E-state index in [-0.39, 0.29) is 29.6 Å². The third-order valence-electron chi connectivity index (χ3n) is 5.41. The molecule has 0 saturated heterocycles. The maximum Gasteiger partial charge on any atom is 0.305 e. The number of thiophene rings is 1. The number of amides is 1. The fourth-order valence-electron chi connectivity index (χ4n) is 3.66. The molecule has 2 aromatic heterocycles. The summed E-state index contributed by atoms with van der Waals surface area (Å²) in [5.74, 6) is 0.233. The fraction of sp³-hybridized carbons (Fsp3) is 0.636. The molecule has 3 rings (SSSR count). The normalized spacial score (nSPS) is 13.4.